The van der Waals surface area contributed by atoms with E-state index < -0.39 is 0 Å². The number of fused-ring (bicyclic) bond motifs is 1. The monoisotopic (exact) mass is 374 g/mol. The first-order chi connectivity index (χ1) is 13.5. The van der Waals surface area contributed by atoms with E-state index in [2.05, 4.69) is 5.32 Å². The lowest BCUT2D eigenvalue weighted by atomic mass is 10.1. The third kappa shape index (κ3) is 3.27. The van der Waals surface area contributed by atoms with Gasteiger partial charge in [0.1, 0.15) is 5.82 Å². The Morgan fingerprint density at radius 1 is 0.821 bits per heavy atom. The fourth-order valence-electron chi connectivity index (χ4n) is 3.11. The lowest BCUT2D eigenvalue weighted by Crippen LogP contribution is -2.29. The molecule has 0 saturated carbocycles. The van der Waals surface area contributed by atoms with Crippen LogP contribution >= 0.6 is 0 Å². The summed E-state index contributed by atoms with van der Waals surface area (Å²) in [6.45, 7) is 0. The number of amides is 3. The zero-order valence-corrected chi connectivity index (χ0v) is 14.7. The standard InChI is InChI=1S/C22H15FN2O3/c23-15-7-9-16(10-8-15)24-20(26)13-14-5-11-17(12-6-14)25-21(27)18-3-1-2-4-19(18)22(25)28/h1-12H,13H2,(H,24,26). The van der Waals surface area contributed by atoms with Crippen LogP contribution in [0.3, 0.4) is 0 Å². The molecule has 0 atom stereocenters. The predicted octanol–water partition coefficient (Wildman–Crippen LogP) is 3.81. The Kier molecular flexibility index (Phi) is 4.45. The van der Waals surface area contributed by atoms with E-state index in [1.807, 2.05) is 0 Å². The van der Waals surface area contributed by atoms with E-state index in [0.717, 1.165) is 10.5 Å². The van der Waals surface area contributed by atoms with E-state index in [1.54, 1.807) is 48.5 Å². The van der Waals surface area contributed by atoms with E-state index in [0.29, 0.717) is 22.5 Å². The van der Waals surface area contributed by atoms with Crippen LogP contribution in [0, 0.1) is 5.82 Å². The van der Waals surface area contributed by atoms with Crippen molar-refractivity contribution >= 4 is 29.1 Å². The zero-order chi connectivity index (χ0) is 19.7. The van der Waals surface area contributed by atoms with Gasteiger partial charge in [-0.05, 0) is 54.1 Å². The first-order valence-electron chi connectivity index (χ1n) is 8.65. The minimum Gasteiger partial charge on any atom is -0.326 e. The van der Waals surface area contributed by atoms with Gasteiger partial charge in [-0.2, -0.15) is 0 Å². The largest absolute Gasteiger partial charge is 0.326 e. The van der Waals surface area contributed by atoms with Gasteiger partial charge in [-0.1, -0.05) is 24.3 Å². The van der Waals surface area contributed by atoms with Crippen LogP contribution in [0.25, 0.3) is 0 Å². The summed E-state index contributed by atoms with van der Waals surface area (Å²) < 4.78 is 12.9. The van der Waals surface area contributed by atoms with Gasteiger partial charge in [-0.25, -0.2) is 9.29 Å². The highest BCUT2D eigenvalue weighted by Gasteiger charge is 2.36. The average Bonchev–Trinajstić information content (AvgIpc) is 2.95. The van der Waals surface area contributed by atoms with Gasteiger partial charge in [-0.15, -0.1) is 0 Å². The van der Waals surface area contributed by atoms with E-state index in [-0.39, 0.29) is 30.0 Å². The molecule has 0 aliphatic carbocycles. The van der Waals surface area contributed by atoms with E-state index >= 15 is 0 Å². The van der Waals surface area contributed by atoms with Crippen LogP contribution in [0.15, 0.2) is 72.8 Å². The number of carbonyl (C=O) groups excluding carboxylic acids is 3. The lowest BCUT2D eigenvalue weighted by Gasteiger charge is -2.14. The average molecular weight is 374 g/mol. The molecular formula is C22H15FN2O3. The van der Waals surface area contributed by atoms with Crippen molar-refractivity contribution in [2.24, 2.45) is 0 Å². The molecule has 0 bridgehead atoms. The molecule has 0 aromatic heterocycles. The van der Waals surface area contributed by atoms with Crippen LogP contribution in [-0.2, 0) is 11.2 Å². The number of carbonyl (C=O) groups is 3. The van der Waals surface area contributed by atoms with Crippen LogP contribution in [0.5, 0.6) is 0 Å². The third-order valence-electron chi connectivity index (χ3n) is 4.48. The molecule has 0 unspecified atom stereocenters. The van der Waals surface area contributed by atoms with Crippen molar-refractivity contribution in [2.45, 2.75) is 6.42 Å². The summed E-state index contributed by atoms with van der Waals surface area (Å²) in [5, 5.41) is 2.69. The Hall–Kier alpha value is -3.80. The predicted molar refractivity (Wildman–Crippen MR) is 103 cm³/mol. The molecule has 0 saturated heterocycles. The Labute approximate surface area is 160 Å². The van der Waals surface area contributed by atoms with Gasteiger partial charge in [0.2, 0.25) is 5.91 Å². The normalized spacial score (nSPS) is 12.8. The molecule has 138 valence electrons. The molecule has 28 heavy (non-hydrogen) atoms. The Morgan fingerprint density at radius 2 is 1.39 bits per heavy atom. The number of nitrogens with zero attached hydrogens (tertiary/aromatic N) is 1. The minimum atomic E-state index is -0.373. The third-order valence-corrected chi connectivity index (χ3v) is 4.48. The summed E-state index contributed by atoms with van der Waals surface area (Å²) in [7, 11) is 0. The second-order valence-corrected chi connectivity index (χ2v) is 6.39. The quantitative estimate of drug-likeness (QED) is 0.706. The number of hydrogen-bond acceptors (Lipinski definition) is 3. The van der Waals surface area contributed by atoms with E-state index in [9.17, 15) is 18.8 Å². The number of nitrogens with one attached hydrogen (secondary N) is 1. The molecule has 3 aromatic rings. The fraction of sp³-hybridized carbons (Fsp3) is 0.0455. The second kappa shape index (κ2) is 7.08. The second-order valence-electron chi connectivity index (χ2n) is 6.39. The van der Waals surface area contributed by atoms with Gasteiger partial charge >= 0.3 is 0 Å². The van der Waals surface area contributed by atoms with E-state index in [4.69, 9.17) is 0 Å². The highest BCUT2D eigenvalue weighted by Crippen LogP contribution is 2.28. The topological polar surface area (TPSA) is 66.5 Å². The molecule has 1 aliphatic heterocycles. The SMILES string of the molecule is O=C(Cc1ccc(N2C(=O)c3ccccc3C2=O)cc1)Nc1ccc(F)cc1. The maximum absolute atomic E-state index is 12.9. The number of imide groups is 1. The number of rotatable bonds is 4. The number of benzene rings is 3. The van der Waals surface area contributed by atoms with Crippen molar-refractivity contribution in [2.75, 3.05) is 10.2 Å². The molecule has 6 heteroatoms. The lowest BCUT2D eigenvalue weighted by molar-refractivity contribution is -0.115. The summed E-state index contributed by atoms with van der Waals surface area (Å²) in [4.78, 5) is 38.3. The zero-order valence-electron chi connectivity index (χ0n) is 14.7. The summed E-state index contributed by atoms with van der Waals surface area (Å²) in [5.74, 6) is -1.34. The number of hydrogen-bond donors (Lipinski definition) is 1. The maximum Gasteiger partial charge on any atom is 0.266 e. The first kappa shape index (κ1) is 17.6. The smallest absolute Gasteiger partial charge is 0.266 e. The number of anilines is 2. The molecule has 1 aliphatic rings. The summed E-state index contributed by atoms with van der Waals surface area (Å²) in [6.07, 6.45) is 0.111. The van der Waals surface area contributed by atoms with Gasteiger partial charge in [-0.3, -0.25) is 14.4 Å². The Bertz CT molecular complexity index is 1040. The van der Waals surface area contributed by atoms with Crippen LogP contribution in [0.4, 0.5) is 15.8 Å². The summed E-state index contributed by atoms with van der Waals surface area (Å²) in [6, 6.07) is 18.9. The van der Waals surface area contributed by atoms with Crippen molar-refractivity contribution in [3.05, 3.63) is 95.3 Å². The molecular weight excluding hydrogens is 359 g/mol. The van der Waals surface area contributed by atoms with Crippen molar-refractivity contribution in [3.8, 4) is 0 Å². The van der Waals surface area contributed by atoms with Crippen molar-refractivity contribution in [3.63, 3.8) is 0 Å². The van der Waals surface area contributed by atoms with Gasteiger partial charge < -0.3 is 5.32 Å². The van der Waals surface area contributed by atoms with Gasteiger partial charge in [0, 0.05) is 5.69 Å². The summed E-state index contributed by atoms with van der Waals surface area (Å²) in [5.41, 5.74) is 2.45. The van der Waals surface area contributed by atoms with Crippen molar-refractivity contribution in [1.29, 1.82) is 0 Å². The molecule has 0 fully saturated rings. The Balaban J connectivity index is 1.46. The number of halogens is 1. The molecule has 1 N–H and O–H groups in total. The van der Waals surface area contributed by atoms with Crippen molar-refractivity contribution in [1.82, 2.24) is 0 Å². The van der Waals surface area contributed by atoms with Crippen LogP contribution in [0.2, 0.25) is 0 Å². The minimum absolute atomic E-state index is 0.111. The molecule has 3 amide bonds. The van der Waals surface area contributed by atoms with E-state index in [1.165, 1.54) is 24.3 Å². The van der Waals surface area contributed by atoms with Crippen molar-refractivity contribution < 1.29 is 18.8 Å². The Morgan fingerprint density at radius 3 is 1.96 bits per heavy atom. The molecule has 3 aromatic carbocycles. The van der Waals surface area contributed by atoms with Gasteiger partial charge in [0.25, 0.3) is 11.8 Å². The van der Waals surface area contributed by atoms with Gasteiger partial charge in [0.05, 0.1) is 23.2 Å². The fourth-order valence-corrected chi connectivity index (χ4v) is 3.11. The van der Waals surface area contributed by atoms with Gasteiger partial charge in [0.15, 0.2) is 0 Å². The highest BCUT2D eigenvalue weighted by atomic mass is 19.1. The first-order valence-corrected chi connectivity index (χ1v) is 8.65. The molecule has 1 heterocycles. The molecule has 5 nitrogen and oxygen atoms in total. The van der Waals surface area contributed by atoms with Crippen LogP contribution < -0.4 is 10.2 Å². The highest BCUT2D eigenvalue weighted by molar-refractivity contribution is 6.34. The molecule has 0 spiro atoms. The summed E-state index contributed by atoms with van der Waals surface area (Å²) >= 11 is 0. The van der Waals surface area contributed by atoms with Crippen LogP contribution in [-0.4, -0.2) is 17.7 Å². The molecule has 4 rings (SSSR count). The molecule has 0 radical (unpaired) electrons. The maximum atomic E-state index is 12.9. The van der Waals surface area contributed by atoms with Crippen LogP contribution in [0.1, 0.15) is 26.3 Å².